The molecule has 1 heterocycles. The quantitative estimate of drug-likeness (QED) is 0.323. The molecule has 0 bridgehead atoms. The van der Waals surface area contributed by atoms with Gasteiger partial charge in [-0.3, -0.25) is 14.2 Å². The van der Waals surface area contributed by atoms with E-state index in [1.165, 1.54) is 17.7 Å². The number of aryl methyl sites for hydroxylation is 1. The second-order valence-corrected chi connectivity index (χ2v) is 8.74. The number of anilines is 1. The maximum Gasteiger partial charge on any atom is 0.266 e. The number of hydrogen-bond donors (Lipinski definition) is 1. The molecule has 0 fully saturated rings. The molecule has 33 heavy (non-hydrogen) atoms. The number of fused-ring (bicyclic) bond motifs is 1. The van der Waals surface area contributed by atoms with Crippen molar-refractivity contribution in [2.24, 2.45) is 0 Å². The summed E-state index contributed by atoms with van der Waals surface area (Å²) in [5.74, 6) is -0.169. The Morgan fingerprint density at radius 3 is 2.61 bits per heavy atom. The van der Waals surface area contributed by atoms with Crippen LogP contribution < -0.4 is 15.6 Å². The van der Waals surface area contributed by atoms with Gasteiger partial charge in [0.05, 0.1) is 34.6 Å². The fourth-order valence-corrected chi connectivity index (χ4v) is 4.26. The van der Waals surface area contributed by atoms with Gasteiger partial charge in [-0.05, 0) is 55.8 Å². The Morgan fingerprint density at radius 2 is 1.85 bits per heavy atom. The second-order valence-electron chi connectivity index (χ2n) is 7.44. The summed E-state index contributed by atoms with van der Waals surface area (Å²) in [6.45, 7) is 3.37. The molecule has 1 amide bonds. The molecule has 1 aromatic heterocycles. The molecule has 0 spiro atoms. The third-order valence-corrected chi connectivity index (χ3v) is 6.23. The number of carbonyl (C=O) groups excluding carboxylic acids is 1. The minimum absolute atomic E-state index is 0.284. The Hall–Kier alpha value is -3.65. The lowest BCUT2D eigenvalue weighted by molar-refractivity contribution is -0.115. The van der Waals surface area contributed by atoms with Gasteiger partial charge in [0.2, 0.25) is 5.91 Å². The third kappa shape index (κ3) is 4.61. The third-order valence-electron chi connectivity index (χ3n) is 5.17. The second kappa shape index (κ2) is 9.46. The van der Waals surface area contributed by atoms with Crippen molar-refractivity contribution in [1.29, 1.82) is 0 Å². The first-order chi connectivity index (χ1) is 15.9. The van der Waals surface area contributed by atoms with Crippen molar-refractivity contribution in [3.8, 4) is 11.4 Å². The Bertz CT molecular complexity index is 1400. The minimum atomic E-state index is -0.607. The zero-order valence-corrected chi connectivity index (χ0v) is 19.2. The lowest BCUT2D eigenvalue weighted by Crippen LogP contribution is -2.26. The largest absolute Gasteiger partial charge is 0.495 e. The van der Waals surface area contributed by atoms with Crippen LogP contribution in [-0.4, -0.2) is 27.8 Å². The molecule has 1 atom stereocenters. The van der Waals surface area contributed by atoms with Gasteiger partial charge in [-0.15, -0.1) is 0 Å². The van der Waals surface area contributed by atoms with E-state index in [-0.39, 0.29) is 11.5 Å². The molecule has 0 aliphatic heterocycles. The summed E-state index contributed by atoms with van der Waals surface area (Å²) in [6.07, 6.45) is 0. The summed E-state index contributed by atoms with van der Waals surface area (Å²) in [4.78, 5) is 30.9. The Kier molecular flexibility index (Phi) is 6.46. The zero-order valence-electron chi connectivity index (χ0n) is 18.3. The number of nitrogens with zero attached hydrogens (tertiary/aromatic N) is 2. The van der Waals surface area contributed by atoms with Crippen LogP contribution in [0.25, 0.3) is 16.6 Å². The molecule has 1 unspecified atom stereocenters. The number of methoxy groups -OCH3 is 1. The number of thioether (sulfide) groups is 1. The molecular weight excluding hydrogens is 441 g/mol. The number of ether oxygens (including phenoxy) is 1. The summed E-state index contributed by atoms with van der Waals surface area (Å²) in [5.41, 5.74) is 1.54. The number of halogens is 1. The molecule has 6 nitrogen and oxygen atoms in total. The summed E-state index contributed by atoms with van der Waals surface area (Å²) >= 11 is 1.12. The predicted octanol–water partition coefficient (Wildman–Crippen LogP) is 4.96. The summed E-state index contributed by atoms with van der Waals surface area (Å²) in [5, 5.41) is 2.95. The van der Waals surface area contributed by atoms with Crippen molar-refractivity contribution >= 4 is 34.3 Å². The van der Waals surface area contributed by atoms with Crippen molar-refractivity contribution < 1.29 is 13.9 Å². The van der Waals surface area contributed by atoms with Crippen molar-refractivity contribution in [1.82, 2.24) is 9.55 Å². The molecule has 4 aromatic rings. The van der Waals surface area contributed by atoms with Gasteiger partial charge in [0, 0.05) is 0 Å². The monoisotopic (exact) mass is 463 g/mol. The first-order valence-electron chi connectivity index (χ1n) is 10.3. The maximum atomic E-state index is 14.3. The first kappa shape index (κ1) is 22.5. The topological polar surface area (TPSA) is 73.2 Å². The Labute approximate surface area is 194 Å². The van der Waals surface area contributed by atoms with E-state index in [2.05, 4.69) is 10.3 Å². The smallest absolute Gasteiger partial charge is 0.266 e. The average Bonchev–Trinajstić information content (AvgIpc) is 2.81. The number of benzene rings is 3. The van der Waals surface area contributed by atoms with Crippen molar-refractivity contribution in [3.05, 3.63) is 88.5 Å². The molecule has 0 radical (unpaired) electrons. The van der Waals surface area contributed by atoms with Gasteiger partial charge in [-0.1, -0.05) is 42.1 Å². The molecule has 0 saturated heterocycles. The standard InChI is InChI=1S/C25H22FN3O3S/c1-15-12-13-17(14-19(15)26)29-24(31)18-8-4-5-9-20(18)28-25(29)33-16(2)23(30)27-21-10-6-7-11-22(21)32-3/h4-14,16H,1-3H3,(H,27,30). The molecule has 0 saturated carbocycles. The number of carbonyl (C=O) groups is 1. The molecule has 8 heteroatoms. The number of hydrogen-bond acceptors (Lipinski definition) is 5. The van der Waals surface area contributed by atoms with Gasteiger partial charge >= 0.3 is 0 Å². The van der Waals surface area contributed by atoms with Crippen LogP contribution in [0.2, 0.25) is 0 Å². The van der Waals surface area contributed by atoms with E-state index < -0.39 is 11.1 Å². The lowest BCUT2D eigenvalue weighted by Gasteiger charge is -2.17. The van der Waals surface area contributed by atoms with Gasteiger partial charge in [-0.25, -0.2) is 9.37 Å². The summed E-state index contributed by atoms with van der Waals surface area (Å²) in [7, 11) is 1.53. The van der Waals surface area contributed by atoms with Crippen LogP contribution in [0.3, 0.4) is 0 Å². The van der Waals surface area contributed by atoms with Gasteiger partial charge in [0.25, 0.3) is 5.56 Å². The van der Waals surface area contributed by atoms with Gasteiger partial charge in [0.15, 0.2) is 5.16 Å². The number of aromatic nitrogens is 2. The van der Waals surface area contributed by atoms with Crippen LogP contribution in [0, 0.1) is 12.7 Å². The van der Waals surface area contributed by atoms with Crippen molar-refractivity contribution in [3.63, 3.8) is 0 Å². The summed E-state index contributed by atoms with van der Waals surface area (Å²) < 4.78 is 21.0. The van der Waals surface area contributed by atoms with Crippen molar-refractivity contribution in [2.45, 2.75) is 24.3 Å². The molecule has 4 rings (SSSR count). The average molecular weight is 464 g/mol. The van der Waals surface area contributed by atoms with Crippen LogP contribution in [0.5, 0.6) is 5.75 Å². The van der Waals surface area contributed by atoms with E-state index in [9.17, 15) is 14.0 Å². The minimum Gasteiger partial charge on any atom is -0.495 e. The maximum absolute atomic E-state index is 14.3. The van der Waals surface area contributed by atoms with E-state index >= 15 is 0 Å². The van der Waals surface area contributed by atoms with Crippen LogP contribution >= 0.6 is 11.8 Å². The molecule has 1 N–H and O–H groups in total. The number of rotatable bonds is 6. The van der Waals surface area contributed by atoms with Crippen LogP contribution in [0.15, 0.2) is 76.7 Å². The molecule has 0 aliphatic carbocycles. The highest BCUT2D eigenvalue weighted by molar-refractivity contribution is 8.00. The molecule has 168 valence electrons. The molecular formula is C25H22FN3O3S. The fraction of sp³-hybridized carbons (Fsp3) is 0.160. The van der Waals surface area contributed by atoms with E-state index in [1.807, 2.05) is 6.07 Å². The van der Waals surface area contributed by atoms with E-state index in [1.54, 1.807) is 68.4 Å². The van der Waals surface area contributed by atoms with Crippen LogP contribution in [-0.2, 0) is 4.79 Å². The van der Waals surface area contributed by atoms with E-state index in [4.69, 9.17) is 4.74 Å². The van der Waals surface area contributed by atoms with E-state index in [0.717, 1.165) is 11.8 Å². The van der Waals surface area contributed by atoms with E-state index in [0.29, 0.717) is 38.7 Å². The SMILES string of the molecule is COc1ccccc1NC(=O)C(C)Sc1nc2ccccc2c(=O)n1-c1ccc(C)c(F)c1. The van der Waals surface area contributed by atoms with Gasteiger partial charge in [-0.2, -0.15) is 0 Å². The lowest BCUT2D eigenvalue weighted by atomic mass is 10.2. The van der Waals surface area contributed by atoms with Gasteiger partial charge in [0.1, 0.15) is 11.6 Å². The zero-order chi connectivity index (χ0) is 23.5. The number of para-hydroxylation sites is 3. The van der Waals surface area contributed by atoms with Crippen molar-refractivity contribution in [2.75, 3.05) is 12.4 Å². The normalized spacial score (nSPS) is 11.9. The Balaban J connectivity index is 1.74. The first-order valence-corrected chi connectivity index (χ1v) is 11.2. The van der Waals surface area contributed by atoms with Crippen LogP contribution in [0.4, 0.5) is 10.1 Å². The highest BCUT2D eigenvalue weighted by Gasteiger charge is 2.21. The summed E-state index contributed by atoms with van der Waals surface area (Å²) in [6, 6.07) is 18.6. The number of amides is 1. The predicted molar refractivity (Wildman–Crippen MR) is 129 cm³/mol. The highest BCUT2D eigenvalue weighted by Crippen LogP contribution is 2.28. The fourth-order valence-electron chi connectivity index (χ4n) is 3.33. The number of nitrogens with one attached hydrogen (secondary N) is 1. The van der Waals surface area contributed by atoms with Gasteiger partial charge < -0.3 is 10.1 Å². The molecule has 3 aromatic carbocycles. The Morgan fingerprint density at radius 1 is 1.12 bits per heavy atom. The highest BCUT2D eigenvalue weighted by atomic mass is 32.2. The molecule has 0 aliphatic rings. The van der Waals surface area contributed by atoms with Crippen LogP contribution in [0.1, 0.15) is 12.5 Å².